The summed E-state index contributed by atoms with van der Waals surface area (Å²) in [6.45, 7) is 6.84. The molecule has 0 spiro atoms. The maximum absolute atomic E-state index is 12.5. The summed E-state index contributed by atoms with van der Waals surface area (Å²) in [5.41, 5.74) is 6.97. The highest BCUT2D eigenvalue weighted by Crippen LogP contribution is 2.29. The van der Waals surface area contributed by atoms with Crippen LogP contribution in [0.5, 0.6) is 0 Å². The highest BCUT2D eigenvalue weighted by molar-refractivity contribution is 7.14. The van der Waals surface area contributed by atoms with Gasteiger partial charge in [0, 0.05) is 11.4 Å². The van der Waals surface area contributed by atoms with Gasteiger partial charge < -0.3 is 11.1 Å². The van der Waals surface area contributed by atoms with Crippen LogP contribution in [-0.2, 0) is 12.8 Å². The van der Waals surface area contributed by atoms with Gasteiger partial charge >= 0.3 is 0 Å². The third kappa shape index (κ3) is 4.30. The second-order valence-electron chi connectivity index (χ2n) is 6.94. The van der Waals surface area contributed by atoms with Crippen LogP contribution in [0.4, 0.5) is 0 Å². The van der Waals surface area contributed by atoms with Gasteiger partial charge in [0.05, 0.1) is 10.4 Å². The van der Waals surface area contributed by atoms with Gasteiger partial charge in [-0.2, -0.15) is 0 Å². The molecule has 4 heteroatoms. The maximum atomic E-state index is 12.5. The number of amides is 1. The molecule has 0 saturated heterocycles. The van der Waals surface area contributed by atoms with Crippen LogP contribution in [0.2, 0.25) is 0 Å². The molecule has 2 rings (SSSR count). The van der Waals surface area contributed by atoms with E-state index in [0.29, 0.717) is 12.5 Å². The summed E-state index contributed by atoms with van der Waals surface area (Å²) in [6.07, 6.45) is 6.97. The number of nitrogens with two attached hydrogens (primary N) is 1. The fraction of sp³-hybridized carbons (Fsp3) is 0.706. The first kappa shape index (κ1) is 16.5. The molecule has 1 heterocycles. The normalized spacial score (nSPS) is 18.0. The van der Waals surface area contributed by atoms with Gasteiger partial charge in [0.2, 0.25) is 0 Å². The van der Waals surface area contributed by atoms with Gasteiger partial charge in [-0.1, -0.05) is 20.3 Å². The summed E-state index contributed by atoms with van der Waals surface area (Å²) in [5, 5.41) is 3.16. The largest absolute Gasteiger partial charge is 0.345 e. The summed E-state index contributed by atoms with van der Waals surface area (Å²) < 4.78 is 0. The standard InChI is InChI=1S/C17H28N2OS/c1-12(2)10-17(3,11-18)19-16(20)15-9-13-7-5-4-6-8-14(13)21-15/h9,12H,4-8,10-11,18H2,1-3H3,(H,19,20). The van der Waals surface area contributed by atoms with Crippen LogP contribution in [0.15, 0.2) is 6.07 Å². The van der Waals surface area contributed by atoms with Crippen molar-refractivity contribution in [3.8, 4) is 0 Å². The van der Waals surface area contributed by atoms with Crippen molar-refractivity contribution in [2.24, 2.45) is 11.7 Å². The number of hydrogen-bond acceptors (Lipinski definition) is 3. The third-order valence-electron chi connectivity index (χ3n) is 4.19. The lowest BCUT2D eigenvalue weighted by molar-refractivity contribution is 0.0902. The van der Waals surface area contributed by atoms with Crippen molar-refractivity contribution in [1.82, 2.24) is 5.32 Å². The lowest BCUT2D eigenvalue weighted by Crippen LogP contribution is -2.52. The molecular weight excluding hydrogens is 280 g/mol. The Hall–Kier alpha value is -0.870. The minimum atomic E-state index is -0.313. The van der Waals surface area contributed by atoms with E-state index in [1.165, 1.54) is 29.7 Å². The van der Waals surface area contributed by atoms with E-state index in [1.807, 2.05) is 6.92 Å². The van der Waals surface area contributed by atoms with E-state index in [1.54, 1.807) is 11.3 Å². The summed E-state index contributed by atoms with van der Waals surface area (Å²) in [7, 11) is 0. The maximum Gasteiger partial charge on any atom is 0.261 e. The molecule has 1 aliphatic rings. The summed E-state index contributed by atoms with van der Waals surface area (Å²) in [5.74, 6) is 0.556. The zero-order valence-electron chi connectivity index (χ0n) is 13.5. The monoisotopic (exact) mass is 308 g/mol. The zero-order valence-corrected chi connectivity index (χ0v) is 14.3. The van der Waals surface area contributed by atoms with Crippen molar-refractivity contribution in [2.45, 2.75) is 64.8 Å². The van der Waals surface area contributed by atoms with Crippen LogP contribution in [0, 0.1) is 5.92 Å². The van der Waals surface area contributed by atoms with Gasteiger partial charge in [0.1, 0.15) is 0 Å². The first-order valence-corrected chi connectivity index (χ1v) is 8.89. The third-order valence-corrected chi connectivity index (χ3v) is 5.43. The van der Waals surface area contributed by atoms with E-state index in [2.05, 4.69) is 25.2 Å². The Morgan fingerprint density at radius 2 is 2.10 bits per heavy atom. The number of thiophene rings is 1. The van der Waals surface area contributed by atoms with E-state index in [-0.39, 0.29) is 11.4 Å². The van der Waals surface area contributed by atoms with Gasteiger partial charge in [-0.25, -0.2) is 0 Å². The van der Waals surface area contributed by atoms with E-state index < -0.39 is 0 Å². The van der Waals surface area contributed by atoms with Crippen LogP contribution >= 0.6 is 11.3 Å². The molecule has 0 bridgehead atoms. The molecule has 3 N–H and O–H groups in total. The van der Waals surface area contributed by atoms with E-state index in [9.17, 15) is 4.79 Å². The molecule has 1 atom stereocenters. The molecule has 1 aromatic heterocycles. The van der Waals surface area contributed by atoms with Crippen molar-refractivity contribution < 1.29 is 4.79 Å². The van der Waals surface area contributed by atoms with E-state index >= 15 is 0 Å². The van der Waals surface area contributed by atoms with Crippen LogP contribution < -0.4 is 11.1 Å². The Balaban J connectivity index is 2.09. The molecule has 0 aliphatic heterocycles. The molecule has 21 heavy (non-hydrogen) atoms. The predicted molar refractivity (Wildman–Crippen MR) is 90.0 cm³/mol. The number of rotatable bonds is 5. The minimum absolute atomic E-state index is 0.0432. The van der Waals surface area contributed by atoms with Crippen LogP contribution in [0.25, 0.3) is 0 Å². The van der Waals surface area contributed by atoms with Gasteiger partial charge in [-0.05, 0) is 56.6 Å². The van der Waals surface area contributed by atoms with Crippen molar-refractivity contribution in [1.29, 1.82) is 0 Å². The molecule has 1 amide bonds. The Labute approximate surface area is 132 Å². The van der Waals surface area contributed by atoms with Crippen molar-refractivity contribution in [2.75, 3.05) is 6.54 Å². The van der Waals surface area contributed by atoms with Gasteiger partial charge in [0.15, 0.2) is 0 Å². The predicted octanol–water partition coefficient (Wildman–Crippen LogP) is 3.51. The number of carbonyl (C=O) groups excluding carboxylic acids is 1. The molecule has 0 saturated carbocycles. The SMILES string of the molecule is CC(C)CC(C)(CN)NC(=O)c1cc2c(s1)CCCCC2. The van der Waals surface area contributed by atoms with Crippen LogP contribution in [0.3, 0.4) is 0 Å². The molecule has 0 radical (unpaired) electrons. The average Bonchev–Trinajstić information content (AvgIpc) is 2.69. The lowest BCUT2D eigenvalue weighted by atomic mass is 9.90. The molecule has 3 nitrogen and oxygen atoms in total. The van der Waals surface area contributed by atoms with E-state index in [0.717, 1.165) is 24.1 Å². The average molecular weight is 308 g/mol. The number of hydrogen-bond donors (Lipinski definition) is 2. The Bertz CT molecular complexity index is 471. The van der Waals surface area contributed by atoms with Gasteiger partial charge in [0.25, 0.3) is 5.91 Å². The molecule has 1 aliphatic carbocycles. The number of carbonyl (C=O) groups is 1. The van der Waals surface area contributed by atoms with Crippen molar-refractivity contribution in [3.63, 3.8) is 0 Å². The Kier molecular flexibility index (Phi) is 5.44. The molecule has 1 unspecified atom stereocenters. The number of fused-ring (bicyclic) bond motifs is 1. The topological polar surface area (TPSA) is 55.1 Å². The van der Waals surface area contributed by atoms with Crippen LogP contribution in [0.1, 0.15) is 66.6 Å². The molecule has 0 fully saturated rings. The van der Waals surface area contributed by atoms with Crippen molar-refractivity contribution in [3.05, 3.63) is 21.4 Å². The smallest absolute Gasteiger partial charge is 0.261 e. The Morgan fingerprint density at radius 1 is 1.38 bits per heavy atom. The highest BCUT2D eigenvalue weighted by Gasteiger charge is 2.27. The zero-order chi connectivity index (χ0) is 15.5. The number of nitrogens with one attached hydrogen (secondary N) is 1. The second-order valence-corrected chi connectivity index (χ2v) is 8.07. The Morgan fingerprint density at radius 3 is 2.76 bits per heavy atom. The first-order valence-electron chi connectivity index (χ1n) is 8.08. The molecular formula is C17H28N2OS. The van der Waals surface area contributed by atoms with Gasteiger partial charge in [-0.3, -0.25) is 4.79 Å². The quantitative estimate of drug-likeness (QED) is 0.818. The fourth-order valence-electron chi connectivity index (χ4n) is 3.20. The van der Waals surface area contributed by atoms with Gasteiger partial charge in [-0.15, -0.1) is 11.3 Å². The summed E-state index contributed by atoms with van der Waals surface area (Å²) in [6, 6.07) is 2.10. The van der Waals surface area contributed by atoms with E-state index in [4.69, 9.17) is 5.73 Å². The second kappa shape index (κ2) is 6.93. The first-order chi connectivity index (χ1) is 9.93. The van der Waals surface area contributed by atoms with Crippen molar-refractivity contribution >= 4 is 17.2 Å². The molecule has 1 aromatic rings. The highest BCUT2D eigenvalue weighted by atomic mass is 32.1. The lowest BCUT2D eigenvalue weighted by Gasteiger charge is -2.31. The minimum Gasteiger partial charge on any atom is -0.345 e. The van der Waals surface area contributed by atoms with Crippen LogP contribution in [-0.4, -0.2) is 18.0 Å². The summed E-state index contributed by atoms with van der Waals surface area (Å²) in [4.78, 5) is 14.8. The molecule has 0 aromatic carbocycles. The summed E-state index contributed by atoms with van der Waals surface area (Å²) >= 11 is 1.67. The fourth-order valence-corrected chi connectivity index (χ4v) is 4.35. The molecule has 118 valence electrons. The number of aryl methyl sites for hydroxylation is 2.